The van der Waals surface area contributed by atoms with Crippen LogP contribution in [0.1, 0.15) is 30.1 Å². The molecule has 0 aliphatic rings. The molecule has 0 bridgehead atoms. The standard InChI is InChI=1S/C19H24N2O5S/c1-4-5-12-20-27(23,24)16-9-7-15(8-10-16)21-19(22)14-6-11-17(25-2)18(13-14)26-3/h6-11,13,20H,4-5,12H2,1-3H3,(H,21,22). The van der Waals surface area contributed by atoms with Crippen LogP contribution in [0.3, 0.4) is 0 Å². The Kier molecular flexibility index (Phi) is 7.20. The van der Waals surface area contributed by atoms with Crippen LogP contribution < -0.4 is 19.5 Å². The summed E-state index contributed by atoms with van der Waals surface area (Å²) >= 11 is 0. The fraction of sp³-hybridized carbons (Fsp3) is 0.316. The highest BCUT2D eigenvalue weighted by atomic mass is 32.2. The molecule has 0 unspecified atom stereocenters. The maximum Gasteiger partial charge on any atom is 0.255 e. The number of ether oxygens (including phenoxy) is 2. The molecule has 8 heteroatoms. The summed E-state index contributed by atoms with van der Waals surface area (Å²) in [5.74, 6) is 0.636. The zero-order valence-electron chi connectivity index (χ0n) is 15.6. The molecule has 0 spiro atoms. The number of benzene rings is 2. The lowest BCUT2D eigenvalue weighted by Crippen LogP contribution is -2.24. The average molecular weight is 392 g/mol. The highest BCUT2D eigenvalue weighted by Gasteiger charge is 2.14. The monoisotopic (exact) mass is 392 g/mol. The summed E-state index contributed by atoms with van der Waals surface area (Å²) in [6, 6.07) is 10.8. The lowest BCUT2D eigenvalue weighted by molar-refractivity contribution is 0.102. The third-order valence-corrected chi connectivity index (χ3v) is 5.37. The lowest BCUT2D eigenvalue weighted by atomic mass is 10.2. The Hall–Kier alpha value is -2.58. The van der Waals surface area contributed by atoms with Crippen molar-refractivity contribution in [3.8, 4) is 11.5 Å². The molecule has 0 saturated carbocycles. The molecule has 0 heterocycles. The molecule has 2 rings (SSSR count). The predicted octanol–water partition coefficient (Wildman–Crippen LogP) is 3.03. The summed E-state index contributed by atoms with van der Waals surface area (Å²) in [5, 5.41) is 2.73. The second kappa shape index (κ2) is 9.38. The molecule has 7 nitrogen and oxygen atoms in total. The summed E-state index contributed by atoms with van der Waals surface area (Å²) in [7, 11) is -0.528. The molecule has 0 atom stereocenters. The van der Waals surface area contributed by atoms with E-state index >= 15 is 0 Å². The Morgan fingerprint density at radius 1 is 1.00 bits per heavy atom. The number of nitrogens with one attached hydrogen (secondary N) is 2. The number of hydrogen-bond acceptors (Lipinski definition) is 5. The number of hydrogen-bond donors (Lipinski definition) is 2. The number of amides is 1. The molecule has 1 amide bonds. The maximum absolute atomic E-state index is 12.4. The zero-order valence-corrected chi connectivity index (χ0v) is 16.4. The van der Waals surface area contributed by atoms with Crippen molar-refractivity contribution in [2.24, 2.45) is 0 Å². The lowest BCUT2D eigenvalue weighted by Gasteiger charge is -2.11. The number of carbonyl (C=O) groups is 1. The number of rotatable bonds is 9. The van der Waals surface area contributed by atoms with Gasteiger partial charge in [-0.1, -0.05) is 13.3 Å². The van der Waals surface area contributed by atoms with E-state index in [9.17, 15) is 13.2 Å². The quantitative estimate of drug-likeness (QED) is 0.640. The van der Waals surface area contributed by atoms with Gasteiger partial charge in [-0.15, -0.1) is 0 Å². The van der Waals surface area contributed by atoms with Crippen LogP contribution in [0.25, 0.3) is 0 Å². The Labute approximate surface area is 159 Å². The number of sulfonamides is 1. The molecule has 0 radical (unpaired) electrons. The second-order valence-corrected chi connectivity index (χ2v) is 7.57. The van der Waals surface area contributed by atoms with Crippen molar-refractivity contribution in [2.75, 3.05) is 26.1 Å². The van der Waals surface area contributed by atoms with Crippen molar-refractivity contribution in [3.63, 3.8) is 0 Å². The molecule has 2 aromatic rings. The number of anilines is 1. The van der Waals surface area contributed by atoms with Gasteiger partial charge >= 0.3 is 0 Å². The van der Waals surface area contributed by atoms with E-state index < -0.39 is 10.0 Å². The van der Waals surface area contributed by atoms with Gasteiger partial charge in [0.1, 0.15) is 0 Å². The van der Waals surface area contributed by atoms with Crippen LogP contribution in [0.2, 0.25) is 0 Å². The molecule has 2 N–H and O–H groups in total. The SMILES string of the molecule is CCCCNS(=O)(=O)c1ccc(NC(=O)c2ccc(OC)c(OC)c2)cc1. The van der Waals surface area contributed by atoms with Crippen LogP contribution in [0.5, 0.6) is 11.5 Å². The van der Waals surface area contributed by atoms with Gasteiger partial charge in [-0.25, -0.2) is 13.1 Å². The highest BCUT2D eigenvalue weighted by molar-refractivity contribution is 7.89. The van der Waals surface area contributed by atoms with E-state index in [2.05, 4.69) is 10.0 Å². The first-order valence-electron chi connectivity index (χ1n) is 8.54. The van der Waals surface area contributed by atoms with E-state index in [4.69, 9.17) is 9.47 Å². The Morgan fingerprint density at radius 2 is 1.67 bits per heavy atom. The van der Waals surface area contributed by atoms with Crippen molar-refractivity contribution in [1.82, 2.24) is 4.72 Å². The van der Waals surface area contributed by atoms with Gasteiger partial charge in [-0.2, -0.15) is 0 Å². The topological polar surface area (TPSA) is 93.7 Å². The molecule has 0 fully saturated rings. The van der Waals surface area contributed by atoms with E-state index in [1.807, 2.05) is 6.92 Å². The van der Waals surface area contributed by atoms with Crippen LogP contribution >= 0.6 is 0 Å². The van der Waals surface area contributed by atoms with E-state index in [0.717, 1.165) is 12.8 Å². The van der Waals surface area contributed by atoms with Gasteiger partial charge in [-0.3, -0.25) is 4.79 Å². The van der Waals surface area contributed by atoms with E-state index in [1.54, 1.807) is 30.3 Å². The fourth-order valence-corrected chi connectivity index (χ4v) is 3.44. The summed E-state index contributed by atoms with van der Waals surface area (Å²) < 4.78 is 37.2. The summed E-state index contributed by atoms with van der Waals surface area (Å²) in [4.78, 5) is 12.6. The number of methoxy groups -OCH3 is 2. The van der Waals surface area contributed by atoms with Gasteiger partial charge in [0, 0.05) is 17.8 Å². The van der Waals surface area contributed by atoms with E-state index in [1.165, 1.54) is 26.4 Å². The van der Waals surface area contributed by atoms with Gasteiger partial charge in [0.05, 0.1) is 19.1 Å². The minimum Gasteiger partial charge on any atom is -0.493 e. The van der Waals surface area contributed by atoms with E-state index in [0.29, 0.717) is 29.3 Å². The van der Waals surface area contributed by atoms with Crippen LogP contribution in [-0.4, -0.2) is 35.1 Å². The van der Waals surface area contributed by atoms with Crippen molar-refractivity contribution in [2.45, 2.75) is 24.7 Å². The third kappa shape index (κ3) is 5.45. The average Bonchev–Trinajstić information content (AvgIpc) is 2.67. The molecular formula is C19H24N2O5S. The Bertz CT molecular complexity index is 879. The maximum atomic E-state index is 12.4. The third-order valence-electron chi connectivity index (χ3n) is 3.89. The molecule has 27 heavy (non-hydrogen) atoms. The summed E-state index contributed by atoms with van der Waals surface area (Å²) in [6.07, 6.45) is 1.68. The molecule has 0 saturated heterocycles. The summed E-state index contributed by atoms with van der Waals surface area (Å²) in [6.45, 7) is 2.39. The Morgan fingerprint density at radius 3 is 2.26 bits per heavy atom. The highest BCUT2D eigenvalue weighted by Crippen LogP contribution is 2.28. The Balaban J connectivity index is 2.09. The largest absolute Gasteiger partial charge is 0.493 e. The fourth-order valence-electron chi connectivity index (χ4n) is 2.36. The first-order chi connectivity index (χ1) is 12.9. The molecule has 2 aromatic carbocycles. The van der Waals surface area contributed by atoms with Crippen molar-refractivity contribution in [1.29, 1.82) is 0 Å². The molecular weight excluding hydrogens is 368 g/mol. The number of carbonyl (C=O) groups excluding carboxylic acids is 1. The van der Waals surface area contributed by atoms with Crippen LogP contribution in [0.15, 0.2) is 47.4 Å². The first-order valence-corrected chi connectivity index (χ1v) is 10.0. The molecule has 0 aliphatic heterocycles. The minimum absolute atomic E-state index is 0.155. The smallest absolute Gasteiger partial charge is 0.255 e. The van der Waals surface area contributed by atoms with Crippen LogP contribution in [-0.2, 0) is 10.0 Å². The van der Waals surface area contributed by atoms with Gasteiger partial charge in [0.25, 0.3) is 5.91 Å². The van der Waals surface area contributed by atoms with Crippen molar-refractivity contribution >= 4 is 21.6 Å². The van der Waals surface area contributed by atoms with Crippen LogP contribution in [0, 0.1) is 0 Å². The van der Waals surface area contributed by atoms with Gasteiger partial charge in [-0.05, 0) is 48.9 Å². The van der Waals surface area contributed by atoms with Crippen molar-refractivity contribution in [3.05, 3.63) is 48.0 Å². The second-order valence-electron chi connectivity index (χ2n) is 5.80. The van der Waals surface area contributed by atoms with Gasteiger partial charge in [0.15, 0.2) is 11.5 Å². The normalized spacial score (nSPS) is 11.1. The number of unbranched alkanes of at least 4 members (excludes halogenated alkanes) is 1. The minimum atomic E-state index is -3.54. The van der Waals surface area contributed by atoms with Crippen molar-refractivity contribution < 1.29 is 22.7 Å². The van der Waals surface area contributed by atoms with Gasteiger partial charge < -0.3 is 14.8 Å². The van der Waals surface area contributed by atoms with E-state index in [-0.39, 0.29) is 10.8 Å². The summed E-state index contributed by atoms with van der Waals surface area (Å²) in [5.41, 5.74) is 0.882. The molecule has 0 aromatic heterocycles. The predicted molar refractivity (Wildman–Crippen MR) is 104 cm³/mol. The molecule has 0 aliphatic carbocycles. The zero-order chi connectivity index (χ0) is 19.9. The first kappa shape index (κ1) is 20.7. The molecule has 146 valence electrons. The van der Waals surface area contributed by atoms with Gasteiger partial charge in [0.2, 0.25) is 10.0 Å². The van der Waals surface area contributed by atoms with Crippen LogP contribution in [0.4, 0.5) is 5.69 Å².